The number of hydrogen-bond donors (Lipinski definition) is 2. The standard InChI is InChI=1S/C23H29N7O/c1-3-17-8-10-18(11-9-17)25-23-27-21(26-22(24)28-23)16-29-12-14-30(15-13-29)19-6-4-5-7-20(19)31-2/h4-11H,3,12-16H2,1-2H3,(H3,24,25,26,27,28). The maximum absolute atomic E-state index is 5.95. The first-order chi connectivity index (χ1) is 15.1. The van der Waals surface area contributed by atoms with Crippen molar-refractivity contribution in [2.24, 2.45) is 0 Å². The van der Waals surface area contributed by atoms with Crippen molar-refractivity contribution < 1.29 is 4.74 Å². The number of nitrogens with two attached hydrogens (primary N) is 1. The number of hydrogen-bond acceptors (Lipinski definition) is 8. The van der Waals surface area contributed by atoms with Gasteiger partial charge in [0.2, 0.25) is 11.9 Å². The number of rotatable bonds is 7. The molecule has 1 aliphatic rings. The minimum absolute atomic E-state index is 0.227. The smallest absolute Gasteiger partial charge is 0.232 e. The zero-order valence-electron chi connectivity index (χ0n) is 18.1. The summed E-state index contributed by atoms with van der Waals surface area (Å²) in [5.74, 6) is 2.28. The number of nitrogen functional groups attached to an aromatic ring is 1. The molecule has 2 heterocycles. The van der Waals surface area contributed by atoms with Crippen LogP contribution < -0.4 is 20.7 Å². The Bertz CT molecular complexity index is 1000. The summed E-state index contributed by atoms with van der Waals surface area (Å²) in [6.45, 7) is 6.41. The van der Waals surface area contributed by atoms with Gasteiger partial charge in [-0.2, -0.15) is 15.0 Å². The zero-order valence-corrected chi connectivity index (χ0v) is 18.1. The van der Waals surface area contributed by atoms with Gasteiger partial charge in [-0.05, 0) is 36.2 Å². The van der Waals surface area contributed by atoms with Crippen molar-refractivity contribution in [2.75, 3.05) is 49.2 Å². The molecule has 0 spiro atoms. The fourth-order valence-electron chi connectivity index (χ4n) is 3.76. The highest BCUT2D eigenvalue weighted by Crippen LogP contribution is 2.28. The molecule has 0 aliphatic carbocycles. The molecule has 1 saturated heterocycles. The lowest BCUT2D eigenvalue weighted by Gasteiger charge is -2.36. The minimum Gasteiger partial charge on any atom is -0.495 e. The Morgan fingerprint density at radius 3 is 2.42 bits per heavy atom. The van der Waals surface area contributed by atoms with E-state index >= 15 is 0 Å². The summed E-state index contributed by atoms with van der Waals surface area (Å²) < 4.78 is 5.51. The van der Waals surface area contributed by atoms with Crippen molar-refractivity contribution in [1.82, 2.24) is 19.9 Å². The first kappa shape index (κ1) is 20.9. The third-order valence-electron chi connectivity index (χ3n) is 5.48. The van der Waals surface area contributed by atoms with Crippen LogP contribution in [0.1, 0.15) is 18.3 Å². The Balaban J connectivity index is 1.38. The molecule has 162 valence electrons. The first-order valence-corrected chi connectivity index (χ1v) is 10.6. The highest BCUT2D eigenvalue weighted by atomic mass is 16.5. The molecule has 0 saturated carbocycles. The van der Waals surface area contributed by atoms with Crippen molar-refractivity contribution in [1.29, 1.82) is 0 Å². The molecule has 8 nitrogen and oxygen atoms in total. The molecule has 1 fully saturated rings. The first-order valence-electron chi connectivity index (χ1n) is 10.6. The number of ether oxygens (including phenoxy) is 1. The van der Waals surface area contributed by atoms with Crippen LogP contribution in [-0.4, -0.2) is 53.1 Å². The molecule has 31 heavy (non-hydrogen) atoms. The number of methoxy groups -OCH3 is 1. The van der Waals surface area contributed by atoms with Gasteiger partial charge in [-0.25, -0.2) is 0 Å². The molecule has 1 aromatic heterocycles. The summed E-state index contributed by atoms with van der Waals surface area (Å²) in [4.78, 5) is 17.8. The molecule has 0 bridgehead atoms. The Kier molecular flexibility index (Phi) is 6.47. The van der Waals surface area contributed by atoms with Crippen molar-refractivity contribution in [3.8, 4) is 5.75 Å². The quantitative estimate of drug-likeness (QED) is 0.604. The van der Waals surface area contributed by atoms with E-state index in [4.69, 9.17) is 10.5 Å². The van der Waals surface area contributed by atoms with E-state index in [1.54, 1.807) is 7.11 Å². The Morgan fingerprint density at radius 1 is 0.968 bits per heavy atom. The highest BCUT2D eigenvalue weighted by molar-refractivity contribution is 5.58. The number of aromatic nitrogens is 3. The average Bonchev–Trinajstić information content (AvgIpc) is 2.80. The average molecular weight is 420 g/mol. The van der Waals surface area contributed by atoms with Crippen LogP contribution in [0.2, 0.25) is 0 Å². The van der Waals surface area contributed by atoms with Crippen LogP contribution in [0.4, 0.5) is 23.3 Å². The van der Waals surface area contributed by atoms with Gasteiger partial charge < -0.3 is 20.7 Å². The SMILES string of the molecule is CCc1ccc(Nc2nc(N)nc(CN3CCN(c4ccccc4OC)CC3)n2)cc1. The summed E-state index contributed by atoms with van der Waals surface area (Å²) >= 11 is 0. The Labute approximate surface area is 183 Å². The summed E-state index contributed by atoms with van der Waals surface area (Å²) in [7, 11) is 1.71. The van der Waals surface area contributed by atoms with Crippen LogP contribution >= 0.6 is 0 Å². The van der Waals surface area contributed by atoms with E-state index in [-0.39, 0.29) is 5.95 Å². The van der Waals surface area contributed by atoms with Gasteiger partial charge in [-0.3, -0.25) is 4.90 Å². The predicted molar refractivity (Wildman–Crippen MR) is 124 cm³/mol. The van der Waals surface area contributed by atoms with E-state index in [1.807, 2.05) is 30.3 Å². The molecular formula is C23H29N7O. The lowest BCUT2D eigenvalue weighted by molar-refractivity contribution is 0.243. The second-order valence-electron chi connectivity index (χ2n) is 7.54. The molecule has 3 aromatic rings. The lowest BCUT2D eigenvalue weighted by Crippen LogP contribution is -2.46. The molecule has 0 atom stereocenters. The minimum atomic E-state index is 0.227. The van der Waals surface area contributed by atoms with Crippen LogP contribution in [0.25, 0.3) is 0 Å². The van der Waals surface area contributed by atoms with E-state index in [1.165, 1.54) is 5.56 Å². The van der Waals surface area contributed by atoms with Crippen LogP contribution in [0, 0.1) is 0 Å². The third-order valence-corrected chi connectivity index (χ3v) is 5.48. The maximum atomic E-state index is 5.95. The molecule has 0 radical (unpaired) electrons. The third kappa shape index (κ3) is 5.21. The molecule has 1 aliphatic heterocycles. The number of para-hydroxylation sites is 2. The largest absolute Gasteiger partial charge is 0.495 e. The predicted octanol–water partition coefficient (Wildman–Crippen LogP) is 3.09. The topological polar surface area (TPSA) is 92.4 Å². The summed E-state index contributed by atoms with van der Waals surface area (Å²) in [5.41, 5.74) is 9.30. The number of anilines is 4. The van der Waals surface area contributed by atoms with Gasteiger partial charge in [0.05, 0.1) is 19.3 Å². The molecule has 0 amide bonds. The van der Waals surface area contributed by atoms with E-state index in [0.717, 1.165) is 49.7 Å². The van der Waals surface area contributed by atoms with Gasteiger partial charge >= 0.3 is 0 Å². The molecular weight excluding hydrogens is 390 g/mol. The summed E-state index contributed by atoms with van der Waals surface area (Å²) in [6.07, 6.45) is 1.01. The van der Waals surface area contributed by atoms with Gasteiger partial charge in [0.15, 0.2) is 0 Å². The molecule has 3 N–H and O–H groups in total. The van der Waals surface area contributed by atoms with Gasteiger partial charge in [-0.15, -0.1) is 0 Å². The van der Waals surface area contributed by atoms with Gasteiger partial charge in [0, 0.05) is 31.9 Å². The van der Waals surface area contributed by atoms with Crippen molar-refractivity contribution >= 4 is 23.3 Å². The zero-order chi connectivity index (χ0) is 21.6. The van der Waals surface area contributed by atoms with E-state index in [9.17, 15) is 0 Å². The molecule has 8 heteroatoms. The molecule has 2 aromatic carbocycles. The van der Waals surface area contributed by atoms with Crippen LogP contribution in [0.3, 0.4) is 0 Å². The van der Waals surface area contributed by atoms with E-state index in [0.29, 0.717) is 18.3 Å². The molecule has 0 unspecified atom stereocenters. The Hall–Kier alpha value is -3.39. The summed E-state index contributed by atoms with van der Waals surface area (Å²) in [6, 6.07) is 16.4. The summed E-state index contributed by atoms with van der Waals surface area (Å²) in [5, 5.41) is 3.23. The highest BCUT2D eigenvalue weighted by Gasteiger charge is 2.20. The monoisotopic (exact) mass is 419 g/mol. The van der Waals surface area contributed by atoms with E-state index < -0.39 is 0 Å². The van der Waals surface area contributed by atoms with Gasteiger partial charge in [-0.1, -0.05) is 31.2 Å². The number of nitrogens with one attached hydrogen (secondary N) is 1. The van der Waals surface area contributed by atoms with Gasteiger partial charge in [0.1, 0.15) is 11.6 Å². The lowest BCUT2D eigenvalue weighted by atomic mass is 10.1. The normalized spacial score (nSPS) is 14.5. The fourth-order valence-corrected chi connectivity index (χ4v) is 3.76. The number of aryl methyl sites for hydroxylation is 1. The molecule has 4 rings (SSSR count). The van der Waals surface area contributed by atoms with Gasteiger partial charge in [0.25, 0.3) is 0 Å². The van der Waals surface area contributed by atoms with Crippen molar-refractivity contribution in [2.45, 2.75) is 19.9 Å². The number of piperazine rings is 1. The van der Waals surface area contributed by atoms with Crippen molar-refractivity contribution in [3.05, 3.63) is 59.9 Å². The number of nitrogens with zero attached hydrogens (tertiary/aromatic N) is 5. The number of benzene rings is 2. The van der Waals surface area contributed by atoms with Crippen molar-refractivity contribution in [3.63, 3.8) is 0 Å². The Morgan fingerprint density at radius 2 is 1.71 bits per heavy atom. The maximum Gasteiger partial charge on any atom is 0.232 e. The van der Waals surface area contributed by atoms with Crippen LogP contribution in [0.5, 0.6) is 5.75 Å². The van der Waals surface area contributed by atoms with Crippen LogP contribution in [-0.2, 0) is 13.0 Å². The van der Waals surface area contributed by atoms with Crippen LogP contribution in [0.15, 0.2) is 48.5 Å². The second-order valence-corrected chi connectivity index (χ2v) is 7.54. The fraction of sp³-hybridized carbons (Fsp3) is 0.348. The second kappa shape index (κ2) is 9.61. The van der Waals surface area contributed by atoms with E-state index in [2.05, 4.69) is 55.2 Å².